The molecule has 0 aliphatic carbocycles. The number of hydrogen-bond acceptors (Lipinski definition) is 5. The Kier molecular flexibility index (Phi) is 4.98. The number of nitrogens with one attached hydrogen (secondary N) is 1. The van der Waals surface area contributed by atoms with E-state index in [1.165, 1.54) is 13.8 Å². The van der Waals surface area contributed by atoms with Crippen molar-refractivity contribution in [3.63, 3.8) is 0 Å². The third-order valence-corrected chi connectivity index (χ3v) is 4.76. The number of rotatable bonds is 4. The normalized spacial score (nSPS) is 10.9. The van der Waals surface area contributed by atoms with Gasteiger partial charge in [0.1, 0.15) is 10.6 Å². The van der Waals surface area contributed by atoms with Crippen LogP contribution in [0, 0.1) is 25.7 Å². The molecule has 0 saturated heterocycles. The second-order valence-corrected chi connectivity index (χ2v) is 6.62. The van der Waals surface area contributed by atoms with Crippen molar-refractivity contribution in [2.45, 2.75) is 25.7 Å². The van der Waals surface area contributed by atoms with Gasteiger partial charge >= 0.3 is 0 Å². The van der Waals surface area contributed by atoms with E-state index in [9.17, 15) is 13.2 Å². The van der Waals surface area contributed by atoms with Crippen molar-refractivity contribution in [1.82, 2.24) is 9.88 Å². The van der Waals surface area contributed by atoms with Crippen LogP contribution in [0.25, 0.3) is 0 Å². The number of ketones is 1. The molecule has 6 nitrogen and oxygen atoms in total. The molecule has 1 aromatic heterocycles. The summed E-state index contributed by atoms with van der Waals surface area (Å²) in [5.41, 5.74) is 1.61. The van der Waals surface area contributed by atoms with Crippen LogP contribution in [-0.2, 0) is 10.0 Å². The molecule has 2 rings (SSSR count). The second kappa shape index (κ2) is 6.77. The highest BCUT2D eigenvalue weighted by atomic mass is 32.2. The highest BCUT2D eigenvalue weighted by molar-refractivity contribution is 7.89. The van der Waals surface area contributed by atoms with Crippen LogP contribution in [0.15, 0.2) is 33.7 Å². The minimum atomic E-state index is -3.70. The maximum Gasteiger partial charge on any atom is 0.246 e. The third kappa shape index (κ3) is 4.06. The number of sulfonamides is 1. The molecule has 23 heavy (non-hydrogen) atoms. The number of carbonyl (C=O) groups is 1. The first-order valence-electron chi connectivity index (χ1n) is 6.83. The molecular formula is C16H16N2O4S. The standard InChI is InChI=1S/C16H16N2O4S/c1-11-16(13(3)22-18-11)23(20,21)17-10-4-5-14-6-8-15(9-7-14)12(2)19/h6-9,17H,10H2,1-3H3. The van der Waals surface area contributed by atoms with E-state index < -0.39 is 10.0 Å². The zero-order chi connectivity index (χ0) is 17.0. The Morgan fingerprint density at radius 1 is 1.26 bits per heavy atom. The highest BCUT2D eigenvalue weighted by Gasteiger charge is 2.23. The number of Topliss-reactive ketones (excluding diaryl/α,β-unsaturated/α-hetero) is 1. The summed E-state index contributed by atoms with van der Waals surface area (Å²) in [5, 5.41) is 3.62. The van der Waals surface area contributed by atoms with E-state index in [-0.39, 0.29) is 23.0 Å². The maximum absolute atomic E-state index is 12.1. The molecule has 0 atom stereocenters. The van der Waals surface area contributed by atoms with Crippen molar-refractivity contribution in [2.75, 3.05) is 6.54 Å². The van der Waals surface area contributed by atoms with E-state index in [1.54, 1.807) is 31.2 Å². The third-order valence-electron chi connectivity index (χ3n) is 3.11. The lowest BCUT2D eigenvalue weighted by Gasteiger charge is -2.02. The minimum absolute atomic E-state index is 0.0169. The van der Waals surface area contributed by atoms with E-state index in [0.29, 0.717) is 16.8 Å². The van der Waals surface area contributed by atoms with Crippen molar-refractivity contribution in [1.29, 1.82) is 0 Å². The predicted octanol–water partition coefficient (Wildman–Crippen LogP) is 1.82. The number of carbonyl (C=O) groups excluding carboxylic acids is 1. The summed E-state index contributed by atoms with van der Waals surface area (Å²) in [6, 6.07) is 6.79. The molecule has 0 aliphatic rings. The van der Waals surface area contributed by atoms with Crippen LogP contribution < -0.4 is 4.72 Å². The molecule has 1 aromatic carbocycles. The van der Waals surface area contributed by atoms with Gasteiger partial charge < -0.3 is 4.52 Å². The topological polar surface area (TPSA) is 89.3 Å². The van der Waals surface area contributed by atoms with Crippen molar-refractivity contribution in [3.05, 3.63) is 46.8 Å². The summed E-state index contributed by atoms with van der Waals surface area (Å²) < 4.78 is 31.5. The molecule has 0 spiro atoms. The molecule has 0 fully saturated rings. The molecule has 0 bridgehead atoms. The van der Waals surface area contributed by atoms with E-state index >= 15 is 0 Å². The van der Waals surface area contributed by atoms with Gasteiger partial charge in [-0.2, -0.15) is 4.72 Å². The van der Waals surface area contributed by atoms with Gasteiger partial charge in [0.2, 0.25) is 10.0 Å². The average Bonchev–Trinajstić information content (AvgIpc) is 2.84. The lowest BCUT2D eigenvalue weighted by Crippen LogP contribution is -2.24. The quantitative estimate of drug-likeness (QED) is 0.681. The average molecular weight is 332 g/mol. The van der Waals surface area contributed by atoms with Gasteiger partial charge in [-0.1, -0.05) is 29.1 Å². The molecule has 0 aliphatic heterocycles. The zero-order valence-corrected chi connectivity index (χ0v) is 13.8. The fourth-order valence-electron chi connectivity index (χ4n) is 2.00. The first kappa shape index (κ1) is 16.9. The largest absolute Gasteiger partial charge is 0.360 e. The van der Waals surface area contributed by atoms with E-state index in [4.69, 9.17) is 4.52 Å². The molecule has 1 N–H and O–H groups in total. The van der Waals surface area contributed by atoms with Gasteiger partial charge in [-0.25, -0.2) is 8.42 Å². The molecule has 0 unspecified atom stereocenters. The summed E-state index contributed by atoms with van der Waals surface area (Å²) in [5.74, 6) is 5.78. The Balaban J connectivity index is 2.04. The first-order chi connectivity index (χ1) is 10.8. The van der Waals surface area contributed by atoms with Crippen LogP contribution in [0.2, 0.25) is 0 Å². The molecule has 1 heterocycles. The number of hydrogen-bond donors (Lipinski definition) is 1. The highest BCUT2D eigenvalue weighted by Crippen LogP contribution is 2.18. The lowest BCUT2D eigenvalue weighted by molar-refractivity contribution is 0.101. The van der Waals surface area contributed by atoms with Gasteiger partial charge in [-0.3, -0.25) is 4.79 Å². The Morgan fingerprint density at radius 3 is 2.43 bits per heavy atom. The Hall–Kier alpha value is -2.43. The Morgan fingerprint density at radius 2 is 1.91 bits per heavy atom. The fraction of sp³-hybridized carbons (Fsp3) is 0.250. The van der Waals surface area contributed by atoms with Gasteiger partial charge in [-0.05, 0) is 32.9 Å². The van der Waals surface area contributed by atoms with Crippen molar-refractivity contribution < 1.29 is 17.7 Å². The number of benzene rings is 1. The summed E-state index contributed by atoms with van der Waals surface area (Å²) in [4.78, 5) is 11.2. The summed E-state index contributed by atoms with van der Waals surface area (Å²) in [6.07, 6.45) is 0. The van der Waals surface area contributed by atoms with Gasteiger partial charge in [0, 0.05) is 11.1 Å². The summed E-state index contributed by atoms with van der Waals surface area (Å²) in [7, 11) is -3.70. The van der Waals surface area contributed by atoms with E-state index in [0.717, 1.165) is 0 Å². The van der Waals surface area contributed by atoms with Crippen LogP contribution in [0.4, 0.5) is 0 Å². The molecule has 0 radical (unpaired) electrons. The van der Waals surface area contributed by atoms with Crippen LogP contribution in [-0.4, -0.2) is 25.9 Å². The fourth-order valence-corrected chi connectivity index (χ4v) is 3.24. The Labute approximate surface area is 134 Å². The zero-order valence-electron chi connectivity index (χ0n) is 13.0. The second-order valence-electron chi connectivity index (χ2n) is 4.91. The SMILES string of the molecule is CC(=O)c1ccc(C#CCNS(=O)(=O)c2c(C)noc2C)cc1. The van der Waals surface area contributed by atoms with Crippen molar-refractivity contribution >= 4 is 15.8 Å². The Bertz CT molecular complexity index is 865. The van der Waals surface area contributed by atoms with Crippen LogP contribution in [0.1, 0.15) is 34.3 Å². The molecule has 0 saturated carbocycles. The number of nitrogens with zero attached hydrogens (tertiary/aromatic N) is 1. The monoisotopic (exact) mass is 332 g/mol. The van der Waals surface area contributed by atoms with Crippen LogP contribution >= 0.6 is 0 Å². The molecule has 0 amide bonds. The van der Waals surface area contributed by atoms with Gasteiger partial charge in [0.05, 0.1) is 6.54 Å². The summed E-state index contributed by atoms with van der Waals surface area (Å²) in [6.45, 7) is 4.55. The van der Waals surface area contributed by atoms with E-state index in [2.05, 4.69) is 21.7 Å². The van der Waals surface area contributed by atoms with Crippen molar-refractivity contribution in [2.24, 2.45) is 0 Å². The van der Waals surface area contributed by atoms with Crippen molar-refractivity contribution in [3.8, 4) is 11.8 Å². The van der Waals surface area contributed by atoms with E-state index in [1.807, 2.05) is 0 Å². The molecule has 7 heteroatoms. The minimum Gasteiger partial charge on any atom is -0.360 e. The number of aryl methyl sites for hydroxylation is 2. The van der Waals surface area contributed by atoms with Crippen LogP contribution in [0.3, 0.4) is 0 Å². The predicted molar refractivity (Wildman–Crippen MR) is 84.5 cm³/mol. The smallest absolute Gasteiger partial charge is 0.246 e. The van der Waals surface area contributed by atoms with Gasteiger partial charge in [0.15, 0.2) is 11.5 Å². The van der Waals surface area contributed by atoms with Gasteiger partial charge in [-0.15, -0.1) is 0 Å². The van der Waals surface area contributed by atoms with Gasteiger partial charge in [0.25, 0.3) is 0 Å². The lowest BCUT2D eigenvalue weighted by atomic mass is 10.1. The van der Waals surface area contributed by atoms with Crippen LogP contribution in [0.5, 0.6) is 0 Å². The maximum atomic E-state index is 12.1. The summed E-state index contributed by atoms with van der Waals surface area (Å²) >= 11 is 0. The first-order valence-corrected chi connectivity index (χ1v) is 8.32. The molecule has 120 valence electrons. The molecule has 2 aromatic rings. The molecular weight excluding hydrogens is 316 g/mol. The number of aromatic nitrogens is 1.